The molecule has 0 radical (unpaired) electrons. The topological polar surface area (TPSA) is 44.7 Å². The van der Waals surface area contributed by atoms with E-state index in [0.29, 0.717) is 6.04 Å². The predicted octanol–water partition coefficient (Wildman–Crippen LogP) is 0.990. The van der Waals surface area contributed by atoms with Crippen LogP contribution in [0.25, 0.3) is 0 Å². The van der Waals surface area contributed by atoms with Crippen molar-refractivity contribution in [1.82, 2.24) is 10.2 Å². The number of aliphatic hydroxyl groups is 1. The first-order valence-corrected chi connectivity index (χ1v) is 7.23. The lowest BCUT2D eigenvalue weighted by atomic mass is 9.95. The summed E-state index contributed by atoms with van der Waals surface area (Å²) >= 11 is 0. The number of nitrogens with zero attached hydrogens (tertiary/aromatic N) is 1. The fraction of sp³-hybridized carbons (Fsp3) is 1.00. The van der Waals surface area contributed by atoms with Crippen LogP contribution in [0, 0.1) is 0 Å². The van der Waals surface area contributed by atoms with E-state index < -0.39 is 0 Å². The van der Waals surface area contributed by atoms with E-state index in [1.807, 2.05) is 0 Å². The molecule has 1 heterocycles. The minimum Gasteiger partial charge on any atom is -0.394 e. The molecule has 4 nitrogen and oxygen atoms in total. The Bertz CT molecular complexity index is 283. The second-order valence-corrected chi connectivity index (χ2v) is 6.42. The van der Waals surface area contributed by atoms with Crippen LogP contribution in [0.1, 0.15) is 40.0 Å². The lowest BCUT2D eigenvalue weighted by Gasteiger charge is -2.46. The summed E-state index contributed by atoms with van der Waals surface area (Å²) in [5.74, 6) is 0. The number of nitrogens with one attached hydrogen (secondary N) is 1. The van der Waals surface area contributed by atoms with Gasteiger partial charge in [-0.25, -0.2) is 0 Å². The molecule has 2 rings (SSSR count). The summed E-state index contributed by atoms with van der Waals surface area (Å²) in [6.45, 7) is 10.5. The van der Waals surface area contributed by atoms with Gasteiger partial charge in [-0.3, -0.25) is 4.90 Å². The Morgan fingerprint density at radius 2 is 2.22 bits per heavy atom. The molecular weight excluding hydrogens is 228 g/mol. The smallest absolute Gasteiger partial charge is 0.0645 e. The maximum atomic E-state index is 9.69. The largest absolute Gasteiger partial charge is 0.394 e. The molecule has 2 aliphatic rings. The molecule has 2 atom stereocenters. The molecule has 4 heteroatoms. The predicted molar refractivity (Wildman–Crippen MR) is 72.7 cm³/mol. The van der Waals surface area contributed by atoms with Crippen molar-refractivity contribution in [2.75, 3.05) is 32.9 Å². The molecule has 1 saturated heterocycles. The minimum absolute atomic E-state index is 0.0478. The molecule has 2 unspecified atom stereocenters. The molecule has 106 valence electrons. The van der Waals surface area contributed by atoms with E-state index in [-0.39, 0.29) is 17.7 Å². The third-order valence-electron chi connectivity index (χ3n) is 4.59. The van der Waals surface area contributed by atoms with Crippen molar-refractivity contribution >= 4 is 0 Å². The summed E-state index contributed by atoms with van der Waals surface area (Å²) in [5, 5.41) is 13.2. The van der Waals surface area contributed by atoms with Crippen molar-refractivity contribution in [3.8, 4) is 0 Å². The first-order chi connectivity index (χ1) is 8.53. The number of hydrogen-bond donors (Lipinski definition) is 2. The standard InChI is InChI=1S/C14H28N2O2/c1-4-15-14(10-17)6-5-12(9-14)16-7-8-18-11-13(16,2)3/h12,15,17H,4-11H2,1-3H3. The van der Waals surface area contributed by atoms with Crippen molar-refractivity contribution in [3.05, 3.63) is 0 Å². The first-order valence-electron chi connectivity index (χ1n) is 7.23. The van der Waals surface area contributed by atoms with Crippen LogP contribution in [0.5, 0.6) is 0 Å². The van der Waals surface area contributed by atoms with Crippen molar-refractivity contribution in [3.63, 3.8) is 0 Å². The van der Waals surface area contributed by atoms with Crippen LogP contribution in [0.15, 0.2) is 0 Å². The monoisotopic (exact) mass is 256 g/mol. The maximum absolute atomic E-state index is 9.69. The molecule has 2 N–H and O–H groups in total. The SMILES string of the molecule is CCNC1(CO)CCC(N2CCOCC2(C)C)C1. The zero-order valence-corrected chi connectivity index (χ0v) is 12.0. The molecule has 18 heavy (non-hydrogen) atoms. The zero-order chi connectivity index (χ0) is 13.2. The summed E-state index contributed by atoms with van der Waals surface area (Å²) in [6, 6.07) is 0.579. The van der Waals surface area contributed by atoms with Crippen LogP contribution in [0.4, 0.5) is 0 Å². The van der Waals surface area contributed by atoms with E-state index in [0.717, 1.165) is 39.1 Å². The van der Waals surface area contributed by atoms with Gasteiger partial charge in [0.1, 0.15) is 0 Å². The van der Waals surface area contributed by atoms with Gasteiger partial charge in [-0.1, -0.05) is 6.92 Å². The van der Waals surface area contributed by atoms with Crippen LogP contribution in [0.3, 0.4) is 0 Å². The van der Waals surface area contributed by atoms with Gasteiger partial charge in [0.05, 0.1) is 19.8 Å². The van der Waals surface area contributed by atoms with E-state index in [2.05, 4.69) is 31.0 Å². The number of morpholine rings is 1. The molecule has 2 fully saturated rings. The Balaban J connectivity index is 2.03. The second-order valence-electron chi connectivity index (χ2n) is 6.42. The molecule has 1 aliphatic heterocycles. The highest BCUT2D eigenvalue weighted by atomic mass is 16.5. The van der Waals surface area contributed by atoms with Gasteiger partial charge < -0.3 is 15.2 Å². The fourth-order valence-electron chi connectivity index (χ4n) is 3.65. The van der Waals surface area contributed by atoms with Crippen molar-refractivity contribution in [2.24, 2.45) is 0 Å². The van der Waals surface area contributed by atoms with E-state index in [9.17, 15) is 5.11 Å². The summed E-state index contributed by atoms with van der Waals surface area (Å²) in [4.78, 5) is 2.59. The summed E-state index contributed by atoms with van der Waals surface area (Å²) in [6.07, 6.45) is 3.31. The van der Waals surface area contributed by atoms with Crippen LogP contribution >= 0.6 is 0 Å². The average Bonchev–Trinajstić information content (AvgIpc) is 2.74. The summed E-state index contributed by atoms with van der Waals surface area (Å²) in [7, 11) is 0. The Kier molecular flexibility index (Phi) is 4.32. The fourth-order valence-corrected chi connectivity index (χ4v) is 3.65. The van der Waals surface area contributed by atoms with Crippen LogP contribution in [0.2, 0.25) is 0 Å². The molecule has 0 aromatic heterocycles. The van der Waals surface area contributed by atoms with Gasteiger partial charge in [-0.05, 0) is 39.7 Å². The Morgan fingerprint density at radius 3 is 2.83 bits per heavy atom. The molecule has 0 amide bonds. The number of ether oxygens (including phenoxy) is 1. The van der Waals surface area contributed by atoms with Gasteiger partial charge in [0.25, 0.3) is 0 Å². The lowest BCUT2D eigenvalue weighted by molar-refractivity contribution is -0.0722. The van der Waals surface area contributed by atoms with Gasteiger partial charge in [-0.15, -0.1) is 0 Å². The highest BCUT2D eigenvalue weighted by molar-refractivity contribution is 5.02. The Hall–Kier alpha value is -0.160. The normalized spacial score (nSPS) is 37.0. The number of aliphatic hydroxyl groups excluding tert-OH is 1. The highest BCUT2D eigenvalue weighted by Gasteiger charge is 2.44. The quantitative estimate of drug-likeness (QED) is 0.787. The van der Waals surface area contributed by atoms with E-state index >= 15 is 0 Å². The van der Waals surface area contributed by atoms with Gasteiger partial charge in [0, 0.05) is 23.7 Å². The Labute approximate surface area is 111 Å². The lowest BCUT2D eigenvalue weighted by Crippen LogP contribution is -2.57. The molecule has 0 aromatic rings. The molecular formula is C14H28N2O2. The van der Waals surface area contributed by atoms with Gasteiger partial charge >= 0.3 is 0 Å². The van der Waals surface area contributed by atoms with Crippen molar-refractivity contribution < 1.29 is 9.84 Å². The molecule has 0 spiro atoms. The van der Waals surface area contributed by atoms with Crippen LogP contribution in [-0.2, 0) is 4.74 Å². The van der Waals surface area contributed by atoms with E-state index in [1.165, 1.54) is 6.42 Å². The van der Waals surface area contributed by atoms with Crippen molar-refractivity contribution in [2.45, 2.75) is 57.2 Å². The van der Waals surface area contributed by atoms with E-state index in [4.69, 9.17) is 4.74 Å². The minimum atomic E-state index is -0.0478. The first kappa shape index (κ1) is 14.3. The van der Waals surface area contributed by atoms with Crippen molar-refractivity contribution in [1.29, 1.82) is 0 Å². The number of likely N-dealkylation sites (N-methyl/N-ethyl adjacent to an activating group) is 1. The zero-order valence-electron chi connectivity index (χ0n) is 12.0. The van der Waals surface area contributed by atoms with Gasteiger partial charge in [0.2, 0.25) is 0 Å². The number of rotatable bonds is 4. The van der Waals surface area contributed by atoms with Gasteiger partial charge in [0.15, 0.2) is 0 Å². The molecule has 1 saturated carbocycles. The van der Waals surface area contributed by atoms with Crippen LogP contribution in [-0.4, -0.2) is 60.0 Å². The summed E-state index contributed by atoms with van der Waals surface area (Å²) < 4.78 is 5.59. The Morgan fingerprint density at radius 1 is 1.44 bits per heavy atom. The molecule has 0 bridgehead atoms. The second kappa shape index (κ2) is 5.45. The summed E-state index contributed by atoms with van der Waals surface area (Å²) in [5.41, 5.74) is 0.0778. The van der Waals surface area contributed by atoms with Gasteiger partial charge in [-0.2, -0.15) is 0 Å². The van der Waals surface area contributed by atoms with E-state index in [1.54, 1.807) is 0 Å². The number of hydrogen-bond acceptors (Lipinski definition) is 4. The van der Waals surface area contributed by atoms with Crippen LogP contribution < -0.4 is 5.32 Å². The highest BCUT2D eigenvalue weighted by Crippen LogP contribution is 2.36. The molecule has 0 aromatic carbocycles. The third-order valence-corrected chi connectivity index (χ3v) is 4.59. The third kappa shape index (κ3) is 2.72. The molecule has 1 aliphatic carbocycles. The maximum Gasteiger partial charge on any atom is 0.0645 e. The average molecular weight is 256 g/mol.